The number of amides is 2. The fourth-order valence-corrected chi connectivity index (χ4v) is 2.84. The Morgan fingerprint density at radius 2 is 1.72 bits per heavy atom. The molecular weight excluding hydrogens is 406 g/mol. The number of hydrazone groups is 1. The van der Waals surface area contributed by atoms with Gasteiger partial charge >= 0.3 is 0 Å². The summed E-state index contributed by atoms with van der Waals surface area (Å²) in [6, 6.07) is 19.6. The molecule has 0 heterocycles. The molecule has 164 valence electrons. The van der Waals surface area contributed by atoms with Crippen molar-refractivity contribution in [3.05, 3.63) is 89.0 Å². The molecule has 0 radical (unpaired) electrons. The molecule has 0 bridgehead atoms. The van der Waals surface area contributed by atoms with Gasteiger partial charge in [0.25, 0.3) is 11.8 Å². The van der Waals surface area contributed by atoms with Gasteiger partial charge in [0.1, 0.15) is 11.5 Å². The second-order valence-corrected chi connectivity index (χ2v) is 7.14. The lowest BCUT2D eigenvalue weighted by Gasteiger charge is -2.09. The van der Waals surface area contributed by atoms with E-state index < -0.39 is 0 Å². The highest BCUT2D eigenvalue weighted by atomic mass is 16.5. The SMILES string of the molecule is COc1cccc(C(=O)N/N=C\c2cccc(OCC(=O)Nc3ccc(C)c(C)c3)c2)c1. The molecule has 3 aromatic carbocycles. The average molecular weight is 431 g/mol. The molecule has 2 amide bonds. The van der Waals surface area contributed by atoms with Gasteiger partial charge in [-0.25, -0.2) is 5.43 Å². The molecule has 3 rings (SSSR count). The van der Waals surface area contributed by atoms with E-state index >= 15 is 0 Å². The Labute approximate surface area is 187 Å². The lowest BCUT2D eigenvalue weighted by molar-refractivity contribution is -0.118. The monoisotopic (exact) mass is 431 g/mol. The summed E-state index contributed by atoms with van der Waals surface area (Å²) in [4.78, 5) is 24.4. The number of carbonyl (C=O) groups excluding carboxylic acids is 2. The number of carbonyl (C=O) groups is 2. The van der Waals surface area contributed by atoms with Crippen molar-refractivity contribution in [3.8, 4) is 11.5 Å². The van der Waals surface area contributed by atoms with Crippen molar-refractivity contribution in [1.82, 2.24) is 5.43 Å². The molecule has 0 atom stereocenters. The van der Waals surface area contributed by atoms with E-state index in [9.17, 15) is 9.59 Å². The van der Waals surface area contributed by atoms with E-state index in [0.717, 1.165) is 16.8 Å². The number of nitrogens with zero attached hydrogens (tertiary/aromatic N) is 1. The molecule has 0 aliphatic rings. The normalized spacial score (nSPS) is 10.6. The molecule has 3 aromatic rings. The van der Waals surface area contributed by atoms with E-state index in [-0.39, 0.29) is 18.4 Å². The Morgan fingerprint density at radius 3 is 2.50 bits per heavy atom. The van der Waals surface area contributed by atoms with Crippen LogP contribution in [0.15, 0.2) is 71.8 Å². The highest BCUT2D eigenvalue weighted by molar-refractivity contribution is 5.95. The standard InChI is InChI=1S/C25H25N3O4/c1-17-10-11-21(12-18(17)2)27-24(29)16-32-23-9-4-6-19(13-23)15-26-28-25(30)20-7-5-8-22(14-20)31-3/h4-15H,16H2,1-3H3,(H,27,29)(H,28,30)/b26-15-. The molecule has 0 aromatic heterocycles. The molecule has 0 aliphatic carbocycles. The number of aryl methyl sites for hydroxylation is 2. The molecule has 0 aliphatic heterocycles. The van der Waals surface area contributed by atoms with Gasteiger partial charge in [-0.1, -0.05) is 24.3 Å². The van der Waals surface area contributed by atoms with E-state index in [1.54, 1.807) is 42.5 Å². The number of ether oxygens (including phenoxy) is 2. The minimum Gasteiger partial charge on any atom is -0.497 e. The number of anilines is 1. The van der Waals surface area contributed by atoms with Crippen molar-refractivity contribution >= 4 is 23.7 Å². The predicted octanol–water partition coefficient (Wildman–Crippen LogP) is 4.09. The van der Waals surface area contributed by atoms with Crippen LogP contribution in [0.5, 0.6) is 11.5 Å². The van der Waals surface area contributed by atoms with Crippen molar-refractivity contribution < 1.29 is 19.1 Å². The maximum absolute atomic E-state index is 12.2. The van der Waals surface area contributed by atoms with Crippen LogP contribution in [0.25, 0.3) is 0 Å². The number of nitrogens with one attached hydrogen (secondary N) is 2. The van der Waals surface area contributed by atoms with E-state index in [1.165, 1.54) is 13.3 Å². The highest BCUT2D eigenvalue weighted by Gasteiger charge is 2.06. The van der Waals surface area contributed by atoms with Crippen LogP contribution in [0.3, 0.4) is 0 Å². The van der Waals surface area contributed by atoms with E-state index in [2.05, 4.69) is 15.8 Å². The minimum atomic E-state index is -0.351. The molecule has 0 saturated heterocycles. The van der Waals surface area contributed by atoms with Gasteiger partial charge in [-0.15, -0.1) is 0 Å². The average Bonchev–Trinajstić information content (AvgIpc) is 2.80. The zero-order valence-corrected chi connectivity index (χ0v) is 18.2. The summed E-state index contributed by atoms with van der Waals surface area (Å²) in [6.45, 7) is 3.89. The summed E-state index contributed by atoms with van der Waals surface area (Å²) < 4.78 is 10.7. The lowest BCUT2D eigenvalue weighted by Crippen LogP contribution is -2.20. The fourth-order valence-electron chi connectivity index (χ4n) is 2.84. The second-order valence-electron chi connectivity index (χ2n) is 7.14. The van der Waals surface area contributed by atoms with Crippen LogP contribution in [-0.2, 0) is 4.79 Å². The Hall–Kier alpha value is -4.13. The minimum absolute atomic E-state index is 0.125. The van der Waals surface area contributed by atoms with Gasteiger partial charge in [-0.3, -0.25) is 9.59 Å². The Morgan fingerprint density at radius 1 is 0.938 bits per heavy atom. The van der Waals surface area contributed by atoms with Crippen LogP contribution in [0.4, 0.5) is 5.69 Å². The molecule has 0 spiro atoms. The van der Waals surface area contributed by atoms with Gasteiger partial charge in [0.15, 0.2) is 6.61 Å². The summed E-state index contributed by atoms with van der Waals surface area (Å²) >= 11 is 0. The summed E-state index contributed by atoms with van der Waals surface area (Å²) in [5.41, 5.74) is 6.62. The molecule has 7 heteroatoms. The van der Waals surface area contributed by atoms with Crippen LogP contribution in [0.1, 0.15) is 27.0 Å². The van der Waals surface area contributed by atoms with Gasteiger partial charge in [0, 0.05) is 11.3 Å². The predicted molar refractivity (Wildman–Crippen MR) is 125 cm³/mol. The zero-order chi connectivity index (χ0) is 22.9. The summed E-state index contributed by atoms with van der Waals surface area (Å²) in [5.74, 6) is 0.504. The first-order chi connectivity index (χ1) is 15.4. The summed E-state index contributed by atoms with van der Waals surface area (Å²) in [6.07, 6.45) is 1.50. The number of benzene rings is 3. The highest BCUT2D eigenvalue weighted by Crippen LogP contribution is 2.15. The van der Waals surface area contributed by atoms with Gasteiger partial charge in [-0.05, 0) is 73.0 Å². The zero-order valence-electron chi connectivity index (χ0n) is 18.2. The Balaban J connectivity index is 1.52. The Kier molecular flexibility index (Phi) is 7.59. The van der Waals surface area contributed by atoms with Crippen molar-refractivity contribution in [1.29, 1.82) is 0 Å². The van der Waals surface area contributed by atoms with Gasteiger partial charge < -0.3 is 14.8 Å². The van der Waals surface area contributed by atoms with Crippen LogP contribution in [0, 0.1) is 13.8 Å². The number of hydrogen-bond donors (Lipinski definition) is 2. The summed E-state index contributed by atoms with van der Waals surface area (Å²) in [5, 5.41) is 6.80. The number of rotatable bonds is 8. The smallest absolute Gasteiger partial charge is 0.271 e. The molecule has 32 heavy (non-hydrogen) atoms. The third kappa shape index (κ3) is 6.43. The number of hydrogen-bond acceptors (Lipinski definition) is 5. The fraction of sp³-hybridized carbons (Fsp3) is 0.160. The van der Waals surface area contributed by atoms with Crippen molar-refractivity contribution in [3.63, 3.8) is 0 Å². The van der Waals surface area contributed by atoms with Crippen molar-refractivity contribution in [2.45, 2.75) is 13.8 Å². The van der Waals surface area contributed by atoms with Crippen LogP contribution >= 0.6 is 0 Å². The first-order valence-electron chi connectivity index (χ1n) is 10.0. The van der Waals surface area contributed by atoms with E-state index in [4.69, 9.17) is 9.47 Å². The van der Waals surface area contributed by atoms with E-state index in [0.29, 0.717) is 22.6 Å². The number of methoxy groups -OCH3 is 1. The maximum atomic E-state index is 12.2. The second kappa shape index (κ2) is 10.8. The lowest BCUT2D eigenvalue weighted by atomic mass is 10.1. The van der Waals surface area contributed by atoms with Crippen LogP contribution < -0.4 is 20.2 Å². The summed E-state index contributed by atoms with van der Waals surface area (Å²) in [7, 11) is 1.54. The largest absolute Gasteiger partial charge is 0.497 e. The molecule has 0 fully saturated rings. The molecule has 0 saturated carbocycles. The van der Waals surface area contributed by atoms with Crippen molar-refractivity contribution in [2.75, 3.05) is 19.0 Å². The van der Waals surface area contributed by atoms with Crippen LogP contribution in [-0.4, -0.2) is 31.7 Å². The topological polar surface area (TPSA) is 89.0 Å². The first kappa shape index (κ1) is 22.6. The third-order valence-electron chi connectivity index (χ3n) is 4.73. The van der Waals surface area contributed by atoms with E-state index in [1.807, 2.05) is 38.1 Å². The first-order valence-corrected chi connectivity index (χ1v) is 10.0. The van der Waals surface area contributed by atoms with Gasteiger partial charge in [-0.2, -0.15) is 5.10 Å². The van der Waals surface area contributed by atoms with Gasteiger partial charge in [0.2, 0.25) is 0 Å². The third-order valence-corrected chi connectivity index (χ3v) is 4.73. The Bertz CT molecular complexity index is 1140. The maximum Gasteiger partial charge on any atom is 0.271 e. The molecule has 0 unspecified atom stereocenters. The molecule has 2 N–H and O–H groups in total. The molecule has 7 nitrogen and oxygen atoms in total. The quantitative estimate of drug-likeness (QED) is 0.415. The van der Waals surface area contributed by atoms with Gasteiger partial charge in [0.05, 0.1) is 13.3 Å². The van der Waals surface area contributed by atoms with Crippen LogP contribution in [0.2, 0.25) is 0 Å². The van der Waals surface area contributed by atoms with Crippen molar-refractivity contribution in [2.24, 2.45) is 5.10 Å². The molecular formula is C25H25N3O4.